The number of ether oxygens (including phenoxy) is 2. The van der Waals surface area contributed by atoms with Crippen molar-refractivity contribution in [3.63, 3.8) is 0 Å². The Balaban J connectivity index is 2.01. The van der Waals surface area contributed by atoms with Crippen LogP contribution in [0.2, 0.25) is 0 Å². The fraction of sp³-hybridized carbons (Fsp3) is 0.500. The van der Waals surface area contributed by atoms with Crippen molar-refractivity contribution in [3.8, 4) is 5.75 Å². The SMILES string of the molecule is CCOc1ccc(N(C)C(=O)C2COCCN2)cc1. The molecule has 1 aliphatic rings. The molecule has 0 saturated carbocycles. The Morgan fingerprint density at radius 1 is 1.47 bits per heavy atom. The number of anilines is 1. The number of amides is 1. The lowest BCUT2D eigenvalue weighted by Gasteiger charge is -2.27. The maximum absolute atomic E-state index is 12.3. The molecule has 1 aliphatic heterocycles. The lowest BCUT2D eigenvalue weighted by Crippen LogP contribution is -2.51. The van der Waals surface area contributed by atoms with Gasteiger partial charge in [0.1, 0.15) is 11.8 Å². The molecule has 1 saturated heterocycles. The Kier molecular flexibility index (Phi) is 4.76. The first kappa shape index (κ1) is 13.8. The van der Waals surface area contributed by atoms with Crippen molar-refractivity contribution in [2.24, 2.45) is 0 Å². The third-order valence-corrected chi connectivity index (χ3v) is 3.09. The first-order chi connectivity index (χ1) is 9.22. The van der Waals surface area contributed by atoms with Gasteiger partial charge in [0.2, 0.25) is 5.91 Å². The van der Waals surface area contributed by atoms with E-state index in [4.69, 9.17) is 9.47 Å². The molecule has 0 radical (unpaired) electrons. The van der Waals surface area contributed by atoms with Gasteiger partial charge in [-0.25, -0.2) is 0 Å². The van der Waals surface area contributed by atoms with Gasteiger partial charge in [-0.1, -0.05) is 0 Å². The van der Waals surface area contributed by atoms with E-state index in [0.717, 1.165) is 11.4 Å². The minimum Gasteiger partial charge on any atom is -0.494 e. The molecule has 0 aromatic heterocycles. The summed E-state index contributed by atoms with van der Waals surface area (Å²) in [6, 6.07) is 7.24. The summed E-state index contributed by atoms with van der Waals surface area (Å²) in [5.74, 6) is 0.829. The minimum absolute atomic E-state index is 0.0175. The molecule has 104 valence electrons. The number of likely N-dealkylation sites (N-methyl/N-ethyl adjacent to an activating group) is 1. The van der Waals surface area contributed by atoms with Crippen LogP contribution in [0.1, 0.15) is 6.92 Å². The van der Waals surface area contributed by atoms with Gasteiger partial charge >= 0.3 is 0 Å². The average molecular weight is 264 g/mol. The third kappa shape index (κ3) is 3.45. The maximum atomic E-state index is 12.3. The van der Waals surface area contributed by atoms with Crippen LogP contribution in [0.25, 0.3) is 0 Å². The molecule has 2 rings (SSSR count). The molecular weight excluding hydrogens is 244 g/mol. The van der Waals surface area contributed by atoms with Crippen molar-refractivity contribution >= 4 is 11.6 Å². The van der Waals surface area contributed by atoms with Crippen molar-refractivity contribution in [2.45, 2.75) is 13.0 Å². The van der Waals surface area contributed by atoms with Crippen LogP contribution in [0, 0.1) is 0 Å². The molecule has 0 aliphatic carbocycles. The van der Waals surface area contributed by atoms with E-state index in [0.29, 0.717) is 26.4 Å². The quantitative estimate of drug-likeness (QED) is 0.882. The van der Waals surface area contributed by atoms with Crippen molar-refractivity contribution in [1.29, 1.82) is 0 Å². The zero-order valence-corrected chi connectivity index (χ0v) is 11.4. The molecule has 1 atom stereocenters. The zero-order valence-electron chi connectivity index (χ0n) is 11.4. The van der Waals surface area contributed by atoms with Crippen molar-refractivity contribution in [1.82, 2.24) is 5.32 Å². The predicted molar refractivity (Wildman–Crippen MR) is 73.6 cm³/mol. The second kappa shape index (κ2) is 6.54. The first-order valence-electron chi connectivity index (χ1n) is 6.54. The third-order valence-electron chi connectivity index (χ3n) is 3.09. The van der Waals surface area contributed by atoms with Crippen LogP contribution in [0.3, 0.4) is 0 Å². The smallest absolute Gasteiger partial charge is 0.246 e. The largest absolute Gasteiger partial charge is 0.494 e. The highest BCUT2D eigenvalue weighted by Crippen LogP contribution is 2.19. The fourth-order valence-corrected chi connectivity index (χ4v) is 2.02. The molecule has 1 unspecified atom stereocenters. The fourth-order valence-electron chi connectivity index (χ4n) is 2.02. The van der Waals surface area contributed by atoms with E-state index in [1.165, 1.54) is 0 Å². The number of carbonyl (C=O) groups is 1. The highest BCUT2D eigenvalue weighted by atomic mass is 16.5. The van der Waals surface area contributed by atoms with Gasteiger partial charge in [-0.2, -0.15) is 0 Å². The topological polar surface area (TPSA) is 50.8 Å². The lowest BCUT2D eigenvalue weighted by molar-refractivity contribution is -0.123. The Morgan fingerprint density at radius 3 is 2.79 bits per heavy atom. The molecule has 1 N–H and O–H groups in total. The van der Waals surface area contributed by atoms with Crippen LogP contribution in [-0.2, 0) is 9.53 Å². The number of hydrogen-bond acceptors (Lipinski definition) is 4. The molecule has 1 heterocycles. The highest BCUT2D eigenvalue weighted by Gasteiger charge is 2.24. The predicted octanol–water partition coefficient (Wildman–Crippen LogP) is 1.04. The number of nitrogens with one attached hydrogen (secondary N) is 1. The zero-order chi connectivity index (χ0) is 13.7. The van der Waals surface area contributed by atoms with E-state index in [1.807, 2.05) is 31.2 Å². The Morgan fingerprint density at radius 2 is 2.21 bits per heavy atom. The van der Waals surface area contributed by atoms with Crippen LogP contribution in [0.5, 0.6) is 5.75 Å². The van der Waals surface area contributed by atoms with E-state index < -0.39 is 0 Å². The van der Waals surface area contributed by atoms with Gasteiger partial charge in [-0.05, 0) is 31.2 Å². The summed E-state index contributed by atoms with van der Waals surface area (Å²) in [6.07, 6.45) is 0. The minimum atomic E-state index is -0.259. The molecule has 0 spiro atoms. The van der Waals surface area contributed by atoms with Crippen molar-refractivity contribution in [3.05, 3.63) is 24.3 Å². The van der Waals surface area contributed by atoms with Crippen LogP contribution in [0.15, 0.2) is 24.3 Å². The maximum Gasteiger partial charge on any atom is 0.246 e. The molecule has 19 heavy (non-hydrogen) atoms. The molecule has 5 heteroatoms. The molecule has 1 aromatic carbocycles. The summed E-state index contributed by atoms with van der Waals surface area (Å²) in [6.45, 7) is 4.39. The lowest BCUT2D eigenvalue weighted by atomic mass is 10.2. The number of nitrogens with zero attached hydrogens (tertiary/aromatic N) is 1. The number of hydrogen-bond donors (Lipinski definition) is 1. The van der Waals surface area contributed by atoms with Crippen LogP contribution in [0.4, 0.5) is 5.69 Å². The Labute approximate surface area is 113 Å². The van der Waals surface area contributed by atoms with Crippen LogP contribution in [-0.4, -0.2) is 45.4 Å². The summed E-state index contributed by atoms with van der Waals surface area (Å²) in [5, 5.41) is 3.16. The molecule has 1 amide bonds. The summed E-state index contributed by atoms with van der Waals surface area (Å²) in [5.41, 5.74) is 0.848. The summed E-state index contributed by atoms with van der Waals surface area (Å²) < 4.78 is 10.7. The van der Waals surface area contributed by atoms with Crippen LogP contribution >= 0.6 is 0 Å². The van der Waals surface area contributed by atoms with E-state index >= 15 is 0 Å². The van der Waals surface area contributed by atoms with E-state index in [1.54, 1.807) is 11.9 Å². The van der Waals surface area contributed by atoms with Crippen LogP contribution < -0.4 is 15.0 Å². The van der Waals surface area contributed by atoms with Gasteiger partial charge < -0.3 is 19.7 Å². The Hall–Kier alpha value is -1.59. The highest BCUT2D eigenvalue weighted by molar-refractivity contribution is 5.96. The van der Waals surface area contributed by atoms with E-state index in [-0.39, 0.29) is 11.9 Å². The summed E-state index contributed by atoms with van der Waals surface area (Å²) in [4.78, 5) is 13.9. The monoisotopic (exact) mass is 264 g/mol. The van der Waals surface area contributed by atoms with Gasteiger partial charge in [0.25, 0.3) is 0 Å². The summed E-state index contributed by atoms with van der Waals surface area (Å²) >= 11 is 0. The summed E-state index contributed by atoms with van der Waals surface area (Å²) in [7, 11) is 1.77. The molecule has 0 bridgehead atoms. The number of morpholine rings is 1. The molecule has 5 nitrogen and oxygen atoms in total. The average Bonchev–Trinajstić information content (AvgIpc) is 2.48. The number of carbonyl (C=O) groups excluding carboxylic acids is 1. The molecular formula is C14H20N2O3. The van der Waals surface area contributed by atoms with Gasteiger partial charge in [0.05, 0.1) is 19.8 Å². The first-order valence-corrected chi connectivity index (χ1v) is 6.54. The second-order valence-corrected chi connectivity index (χ2v) is 4.41. The van der Waals surface area contributed by atoms with Gasteiger partial charge in [0.15, 0.2) is 0 Å². The molecule has 1 aromatic rings. The van der Waals surface area contributed by atoms with Crippen molar-refractivity contribution in [2.75, 3.05) is 38.3 Å². The van der Waals surface area contributed by atoms with Gasteiger partial charge in [-0.3, -0.25) is 4.79 Å². The Bertz CT molecular complexity index is 413. The van der Waals surface area contributed by atoms with E-state index in [2.05, 4.69) is 5.32 Å². The number of benzene rings is 1. The van der Waals surface area contributed by atoms with E-state index in [9.17, 15) is 4.79 Å². The molecule has 1 fully saturated rings. The normalized spacial score (nSPS) is 18.9. The standard InChI is InChI=1S/C14H20N2O3/c1-3-19-12-6-4-11(5-7-12)16(2)14(17)13-10-18-9-8-15-13/h4-7,13,15H,3,8-10H2,1-2H3. The second-order valence-electron chi connectivity index (χ2n) is 4.41. The van der Waals surface area contributed by atoms with Gasteiger partial charge in [-0.15, -0.1) is 0 Å². The van der Waals surface area contributed by atoms with Gasteiger partial charge in [0, 0.05) is 19.3 Å². The van der Waals surface area contributed by atoms with Crippen molar-refractivity contribution < 1.29 is 14.3 Å². The number of rotatable bonds is 4.